The van der Waals surface area contributed by atoms with E-state index in [0.29, 0.717) is 29.2 Å². The minimum atomic E-state index is -0.153. The Labute approximate surface area is 148 Å². The van der Waals surface area contributed by atoms with Gasteiger partial charge in [-0.05, 0) is 42.3 Å². The highest BCUT2D eigenvalue weighted by Crippen LogP contribution is 2.28. The van der Waals surface area contributed by atoms with E-state index in [2.05, 4.69) is 6.92 Å². The predicted molar refractivity (Wildman–Crippen MR) is 97.9 cm³/mol. The topological polar surface area (TPSA) is 59.3 Å². The van der Waals surface area contributed by atoms with Crippen molar-refractivity contribution in [2.45, 2.75) is 19.8 Å². The lowest BCUT2D eigenvalue weighted by molar-refractivity contribution is 0.104. The number of carbonyl (C=O) groups is 1. The van der Waals surface area contributed by atoms with Crippen LogP contribution in [0.5, 0.6) is 11.5 Å². The van der Waals surface area contributed by atoms with Crippen molar-refractivity contribution in [3.05, 3.63) is 65.2 Å². The van der Waals surface area contributed by atoms with Crippen LogP contribution in [-0.2, 0) is 0 Å². The van der Waals surface area contributed by atoms with Crippen LogP contribution in [-0.4, -0.2) is 19.5 Å². The first-order valence-corrected chi connectivity index (χ1v) is 8.21. The van der Waals surface area contributed by atoms with Gasteiger partial charge in [0.05, 0.1) is 25.3 Å². The molecule has 0 heterocycles. The summed E-state index contributed by atoms with van der Waals surface area (Å²) >= 11 is 0. The van der Waals surface area contributed by atoms with Crippen molar-refractivity contribution in [1.82, 2.24) is 0 Å². The van der Waals surface area contributed by atoms with E-state index in [1.165, 1.54) is 6.08 Å². The molecule has 0 saturated carbocycles. The number of ether oxygens (including phenoxy) is 2. The molecule has 2 rings (SSSR count). The second kappa shape index (κ2) is 9.29. The van der Waals surface area contributed by atoms with E-state index in [4.69, 9.17) is 14.7 Å². The van der Waals surface area contributed by atoms with Crippen LogP contribution >= 0.6 is 0 Å². The summed E-state index contributed by atoms with van der Waals surface area (Å²) in [6.07, 6.45) is 5.27. The van der Waals surface area contributed by atoms with Crippen LogP contribution in [0.25, 0.3) is 6.08 Å². The van der Waals surface area contributed by atoms with Gasteiger partial charge >= 0.3 is 0 Å². The Balaban J connectivity index is 2.12. The molecular weight excluding hydrogens is 314 g/mol. The number of methoxy groups -OCH3 is 1. The summed E-state index contributed by atoms with van der Waals surface area (Å²) in [4.78, 5) is 12.2. The monoisotopic (exact) mass is 335 g/mol. The first-order chi connectivity index (χ1) is 12.2. The molecule has 0 atom stereocenters. The highest BCUT2D eigenvalue weighted by atomic mass is 16.5. The maximum absolute atomic E-state index is 12.2. The Morgan fingerprint density at radius 3 is 2.76 bits per heavy atom. The number of ketones is 1. The normalized spacial score (nSPS) is 10.4. The summed E-state index contributed by atoms with van der Waals surface area (Å²) < 4.78 is 11.1. The van der Waals surface area contributed by atoms with Gasteiger partial charge in [-0.3, -0.25) is 4.79 Å². The Morgan fingerprint density at radius 2 is 2.04 bits per heavy atom. The van der Waals surface area contributed by atoms with Gasteiger partial charge in [0.2, 0.25) is 0 Å². The Bertz CT molecular complexity index is 803. The number of benzene rings is 2. The minimum Gasteiger partial charge on any atom is -0.493 e. The number of nitriles is 1. The van der Waals surface area contributed by atoms with Gasteiger partial charge in [0.15, 0.2) is 17.3 Å². The van der Waals surface area contributed by atoms with E-state index < -0.39 is 0 Å². The van der Waals surface area contributed by atoms with Gasteiger partial charge in [0, 0.05) is 5.56 Å². The van der Waals surface area contributed by atoms with E-state index in [1.54, 1.807) is 37.5 Å². The summed E-state index contributed by atoms with van der Waals surface area (Å²) in [7, 11) is 1.59. The maximum atomic E-state index is 12.2. The lowest BCUT2D eigenvalue weighted by Gasteiger charge is -2.10. The van der Waals surface area contributed by atoms with E-state index in [1.807, 2.05) is 24.3 Å². The third kappa shape index (κ3) is 5.22. The molecule has 0 amide bonds. The molecule has 0 aliphatic carbocycles. The van der Waals surface area contributed by atoms with Gasteiger partial charge in [0.25, 0.3) is 0 Å². The van der Waals surface area contributed by atoms with Gasteiger partial charge < -0.3 is 9.47 Å². The molecule has 0 aliphatic heterocycles. The van der Waals surface area contributed by atoms with Crippen LogP contribution < -0.4 is 9.47 Å². The Morgan fingerprint density at radius 1 is 1.20 bits per heavy atom. The molecule has 0 aromatic heterocycles. The predicted octanol–water partition coefficient (Wildman–Crippen LogP) is 4.64. The summed E-state index contributed by atoms with van der Waals surface area (Å²) in [6, 6.07) is 14.2. The highest BCUT2D eigenvalue weighted by molar-refractivity contribution is 6.07. The van der Waals surface area contributed by atoms with Crippen LogP contribution in [0, 0.1) is 11.3 Å². The zero-order chi connectivity index (χ0) is 18.1. The average Bonchev–Trinajstić information content (AvgIpc) is 2.66. The van der Waals surface area contributed by atoms with Crippen molar-refractivity contribution in [3.63, 3.8) is 0 Å². The van der Waals surface area contributed by atoms with Crippen molar-refractivity contribution < 1.29 is 14.3 Å². The average molecular weight is 335 g/mol. The molecule has 0 bridgehead atoms. The third-order valence-corrected chi connectivity index (χ3v) is 3.65. The fourth-order valence-corrected chi connectivity index (χ4v) is 2.24. The zero-order valence-electron chi connectivity index (χ0n) is 14.5. The van der Waals surface area contributed by atoms with E-state index in [-0.39, 0.29) is 5.78 Å². The summed E-state index contributed by atoms with van der Waals surface area (Å²) in [6.45, 7) is 2.76. The molecule has 4 heteroatoms. The lowest BCUT2D eigenvalue weighted by Crippen LogP contribution is -1.99. The van der Waals surface area contributed by atoms with Gasteiger partial charge in [-0.2, -0.15) is 5.26 Å². The Kier molecular flexibility index (Phi) is 6.79. The van der Waals surface area contributed by atoms with Crippen molar-refractivity contribution in [3.8, 4) is 17.6 Å². The number of allylic oxidation sites excluding steroid dienone is 1. The van der Waals surface area contributed by atoms with Crippen molar-refractivity contribution in [1.29, 1.82) is 5.26 Å². The second-order valence-electron chi connectivity index (χ2n) is 5.50. The molecule has 4 nitrogen and oxygen atoms in total. The maximum Gasteiger partial charge on any atom is 0.185 e. The number of carbonyl (C=O) groups excluding carboxylic acids is 1. The molecule has 0 unspecified atom stereocenters. The molecular formula is C21H21NO3. The molecule has 2 aromatic carbocycles. The van der Waals surface area contributed by atoms with Crippen LogP contribution in [0.3, 0.4) is 0 Å². The molecule has 25 heavy (non-hydrogen) atoms. The molecule has 0 N–H and O–H groups in total. The molecule has 0 aliphatic rings. The fraction of sp³-hybridized carbons (Fsp3) is 0.238. The lowest BCUT2D eigenvalue weighted by atomic mass is 10.1. The van der Waals surface area contributed by atoms with Gasteiger partial charge in [-0.15, -0.1) is 0 Å². The number of nitrogens with zero attached hydrogens (tertiary/aromatic N) is 1. The smallest absolute Gasteiger partial charge is 0.185 e. The van der Waals surface area contributed by atoms with Crippen LogP contribution in [0.1, 0.15) is 41.3 Å². The number of unbranched alkanes of at least 4 members (excludes halogenated alkanes) is 1. The standard InChI is InChI=1S/C21H21NO3/c1-3-4-12-25-20-11-9-16(14-21(20)24-2)8-10-19(23)18-7-5-6-17(13-18)15-22/h5-11,13-14H,3-4,12H2,1-2H3/b10-8+. The molecule has 0 saturated heterocycles. The van der Waals surface area contributed by atoms with E-state index >= 15 is 0 Å². The summed E-state index contributed by atoms with van der Waals surface area (Å²) in [5.41, 5.74) is 1.79. The minimum absolute atomic E-state index is 0.153. The fourth-order valence-electron chi connectivity index (χ4n) is 2.24. The van der Waals surface area contributed by atoms with Gasteiger partial charge in [-0.1, -0.05) is 37.6 Å². The van der Waals surface area contributed by atoms with Crippen LogP contribution in [0.2, 0.25) is 0 Å². The number of hydrogen-bond donors (Lipinski definition) is 0. The highest BCUT2D eigenvalue weighted by Gasteiger charge is 2.06. The molecule has 0 radical (unpaired) electrons. The molecule has 0 fully saturated rings. The summed E-state index contributed by atoms with van der Waals surface area (Å²) in [5.74, 6) is 1.18. The quantitative estimate of drug-likeness (QED) is 0.400. The van der Waals surface area contributed by atoms with Crippen molar-refractivity contribution >= 4 is 11.9 Å². The van der Waals surface area contributed by atoms with Crippen LogP contribution in [0.15, 0.2) is 48.5 Å². The third-order valence-electron chi connectivity index (χ3n) is 3.65. The van der Waals surface area contributed by atoms with Gasteiger partial charge in [-0.25, -0.2) is 0 Å². The largest absolute Gasteiger partial charge is 0.493 e. The van der Waals surface area contributed by atoms with Crippen molar-refractivity contribution in [2.75, 3.05) is 13.7 Å². The van der Waals surface area contributed by atoms with Gasteiger partial charge in [0.1, 0.15) is 0 Å². The second-order valence-corrected chi connectivity index (χ2v) is 5.50. The summed E-state index contributed by atoms with van der Waals surface area (Å²) in [5, 5.41) is 8.91. The van der Waals surface area contributed by atoms with Crippen LogP contribution in [0.4, 0.5) is 0 Å². The molecule has 0 spiro atoms. The first-order valence-electron chi connectivity index (χ1n) is 8.21. The number of hydrogen-bond acceptors (Lipinski definition) is 4. The van der Waals surface area contributed by atoms with E-state index in [9.17, 15) is 4.79 Å². The zero-order valence-corrected chi connectivity index (χ0v) is 14.5. The SMILES string of the molecule is CCCCOc1ccc(/C=C/C(=O)c2cccc(C#N)c2)cc1OC. The molecule has 2 aromatic rings. The first kappa shape index (κ1) is 18.3. The molecule has 128 valence electrons. The number of rotatable bonds is 8. The van der Waals surface area contributed by atoms with E-state index in [0.717, 1.165) is 18.4 Å². The Hall–Kier alpha value is -3.06. The van der Waals surface area contributed by atoms with Crippen molar-refractivity contribution in [2.24, 2.45) is 0 Å².